The van der Waals surface area contributed by atoms with E-state index in [9.17, 15) is 14.0 Å². The van der Waals surface area contributed by atoms with E-state index in [2.05, 4.69) is 5.32 Å². The van der Waals surface area contributed by atoms with Crippen molar-refractivity contribution in [2.24, 2.45) is 0 Å². The molecule has 2 aliphatic heterocycles. The molecule has 0 radical (unpaired) electrons. The van der Waals surface area contributed by atoms with Gasteiger partial charge < -0.3 is 19.4 Å². The summed E-state index contributed by atoms with van der Waals surface area (Å²) >= 11 is 6.07. The Morgan fingerprint density at radius 1 is 1.32 bits per heavy atom. The van der Waals surface area contributed by atoms with Gasteiger partial charge in [0.15, 0.2) is 18.2 Å². The van der Waals surface area contributed by atoms with Gasteiger partial charge in [-0.15, -0.1) is 0 Å². The number of amides is 2. The number of aryl methyl sites for hydroxylation is 2. The molecule has 1 fully saturated rings. The number of thioether (sulfide) groups is 1. The number of hydrogen-bond acceptors (Lipinski definition) is 6. The van der Waals surface area contributed by atoms with Crippen molar-refractivity contribution in [1.29, 1.82) is 0 Å². The van der Waals surface area contributed by atoms with Crippen LogP contribution >= 0.6 is 24.0 Å². The average Bonchev–Trinajstić information content (AvgIpc) is 3.10. The number of carbonyl (C=O) groups excluding carboxylic acids is 2. The number of anilines is 1. The monoisotopic (exact) mass is 418 g/mol. The van der Waals surface area contributed by atoms with Gasteiger partial charge >= 0.3 is 0 Å². The van der Waals surface area contributed by atoms with E-state index in [1.807, 2.05) is 19.9 Å². The largest absolute Gasteiger partial charge is 0.478 e. The molecule has 0 atom stereocenters. The molecule has 4 rings (SSSR count). The summed E-state index contributed by atoms with van der Waals surface area (Å²) in [6, 6.07) is 4.74. The van der Waals surface area contributed by atoms with Gasteiger partial charge in [0.25, 0.3) is 11.8 Å². The number of hydrogen-bond donors (Lipinski definition) is 1. The third-order valence-electron chi connectivity index (χ3n) is 4.39. The standard InChI is InChI=1S/C19H15FN2O4S2/c1-9-3-12(10(2)26-9)7-22-14-5-11(6-15-18(24)21-19(27)28-15)4-13(20)17(14)25-8-16(22)23/h3-6H,7-8H2,1-2H3,(H,21,24,27). The van der Waals surface area contributed by atoms with Crippen LogP contribution in [0.4, 0.5) is 10.1 Å². The number of fused-ring (bicyclic) bond motifs is 1. The lowest BCUT2D eigenvalue weighted by atomic mass is 10.1. The predicted molar refractivity (Wildman–Crippen MR) is 108 cm³/mol. The molecule has 2 aromatic rings. The van der Waals surface area contributed by atoms with E-state index in [0.29, 0.717) is 26.2 Å². The average molecular weight is 418 g/mol. The van der Waals surface area contributed by atoms with Crippen LogP contribution in [0.2, 0.25) is 0 Å². The Kier molecular flexibility index (Phi) is 4.72. The smallest absolute Gasteiger partial charge is 0.265 e. The van der Waals surface area contributed by atoms with Crippen molar-refractivity contribution < 1.29 is 23.1 Å². The lowest BCUT2D eigenvalue weighted by molar-refractivity contribution is -0.121. The molecule has 1 N–H and O–H groups in total. The minimum absolute atomic E-state index is 0.0127. The highest BCUT2D eigenvalue weighted by molar-refractivity contribution is 8.26. The molecule has 1 aromatic carbocycles. The van der Waals surface area contributed by atoms with Crippen LogP contribution in [0.15, 0.2) is 27.5 Å². The zero-order valence-corrected chi connectivity index (χ0v) is 16.6. The van der Waals surface area contributed by atoms with Crippen LogP contribution < -0.4 is 15.0 Å². The molecule has 1 aromatic heterocycles. The minimum Gasteiger partial charge on any atom is -0.478 e. The highest BCUT2D eigenvalue weighted by atomic mass is 32.2. The number of nitrogens with one attached hydrogen (secondary N) is 1. The Labute approximate surface area is 169 Å². The van der Waals surface area contributed by atoms with Crippen LogP contribution in [-0.4, -0.2) is 22.7 Å². The maximum Gasteiger partial charge on any atom is 0.265 e. The van der Waals surface area contributed by atoms with E-state index >= 15 is 0 Å². The highest BCUT2D eigenvalue weighted by Gasteiger charge is 2.30. The number of carbonyl (C=O) groups is 2. The second-order valence-electron chi connectivity index (χ2n) is 6.41. The van der Waals surface area contributed by atoms with Gasteiger partial charge in [0.05, 0.1) is 17.1 Å². The van der Waals surface area contributed by atoms with Crippen LogP contribution in [0.5, 0.6) is 5.75 Å². The van der Waals surface area contributed by atoms with E-state index in [1.54, 1.807) is 6.07 Å². The first kappa shape index (κ1) is 18.7. The van der Waals surface area contributed by atoms with Crippen LogP contribution in [0.25, 0.3) is 6.08 Å². The van der Waals surface area contributed by atoms with E-state index in [0.717, 1.165) is 23.1 Å². The first-order chi connectivity index (χ1) is 13.3. The van der Waals surface area contributed by atoms with Crippen molar-refractivity contribution in [2.45, 2.75) is 20.4 Å². The molecule has 144 valence electrons. The van der Waals surface area contributed by atoms with E-state index in [-0.39, 0.29) is 30.7 Å². The molecule has 0 saturated carbocycles. The minimum atomic E-state index is -0.604. The molecule has 0 unspecified atom stereocenters. The van der Waals surface area contributed by atoms with Gasteiger partial charge in [0.2, 0.25) is 0 Å². The summed E-state index contributed by atoms with van der Waals surface area (Å²) in [4.78, 5) is 26.2. The van der Waals surface area contributed by atoms with Gasteiger partial charge in [-0.1, -0.05) is 24.0 Å². The summed E-state index contributed by atoms with van der Waals surface area (Å²) in [5, 5.41) is 2.51. The maximum atomic E-state index is 14.7. The third-order valence-corrected chi connectivity index (χ3v) is 5.55. The lowest BCUT2D eigenvalue weighted by Gasteiger charge is -2.29. The highest BCUT2D eigenvalue weighted by Crippen LogP contribution is 2.38. The second-order valence-corrected chi connectivity index (χ2v) is 8.13. The molecule has 0 aliphatic carbocycles. The van der Waals surface area contributed by atoms with Crippen molar-refractivity contribution in [3.63, 3.8) is 0 Å². The molecule has 1 saturated heterocycles. The molecular weight excluding hydrogens is 403 g/mol. The molecule has 28 heavy (non-hydrogen) atoms. The van der Waals surface area contributed by atoms with Crippen LogP contribution in [0.3, 0.4) is 0 Å². The van der Waals surface area contributed by atoms with E-state index in [1.165, 1.54) is 17.0 Å². The van der Waals surface area contributed by atoms with Gasteiger partial charge in [-0.25, -0.2) is 4.39 Å². The molecule has 0 spiro atoms. The first-order valence-electron chi connectivity index (χ1n) is 8.39. The van der Waals surface area contributed by atoms with Crippen molar-refractivity contribution in [2.75, 3.05) is 11.5 Å². The molecule has 3 heterocycles. The van der Waals surface area contributed by atoms with Gasteiger partial charge in [-0.2, -0.15) is 0 Å². The third kappa shape index (κ3) is 3.43. The summed E-state index contributed by atoms with van der Waals surface area (Å²) in [6.45, 7) is 3.63. The first-order valence-corrected chi connectivity index (χ1v) is 9.62. The number of furan rings is 1. The summed E-state index contributed by atoms with van der Waals surface area (Å²) < 4.78 is 25.8. The van der Waals surface area contributed by atoms with Gasteiger partial charge in [-0.05, 0) is 43.7 Å². The number of ether oxygens (including phenoxy) is 1. The number of halogens is 1. The second kappa shape index (κ2) is 7.06. The molecule has 2 amide bonds. The molecule has 6 nitrogen and oxygen atoms in total. The maximum absolute atomic E-state index is 14.7. The summed E-state index contributed by atoms with van der Waals surface area (Å²) in [5.74, 6) is 0.223. The quantitative estimate of drug-likeness (QED) is 0.608. The van der Waals surface area contributed by atoms with Crippen LogP contribution in [0.1, 0.15) is 22.6 Å². The molecule has 2 aliphatic rings. The van der Waals surface area contributed by atoms with Crippen molar-refractivity contribution in [3.05, 3.63) is 51.6 Å². The Bertz CT molecular complexity index is 1060. The zero-order valence-electron chi connectivity index (χ0n) is 15.0. The van der Waals surface area contributed by atoms with Crippen LogP contribution in [0, 0.1) is 19.7 Å². The van der Waals surface area contributed by atoms with Gasteiger partial charge in [0, 0.05) is 5.56 Å². The van der Waals surface area contributed by atoms with E-state index < -0.39 is 5.82 Å². The number of benzene rings is 1. The van der Waals surface area contributed by atoms with Crippen LogP contribution in [-0.2, 0) is 16.1 Å². The summed E-state index contributed by atoms with van der Waals surface area (Å²) in [7, 11) is 0. The fraction of sp³-hybridized carbons (Fsp3) is 0.211. The Morgan fingerprint density at radius 3 is 2.75 bits per heavy atom. The fourth-order valence-electron chi connectivity index (χ4n) is 3.13. The lowest BCUT2D eigenvalue weighted by Crippen LogP contribution is -2.38. The normalized spacial score (nSPS) is 17.8. The molecule has 0 bridgehead atoms. The SMILES string of the molecule is Cc1cc(CN2C(=O)COc3c(F)cc(C=C4SC(=S)NC4=O)cc32)c(C)o1. The van der Waals surface area contributed by atoms with E-state index in [4.69, 9.17) is 21.4 Å². The van der Waals surface area contributed by atoms with Crippen molar-refractivity contribution in [3.8, 4) is 5.75 Å². The van der Waals surface area contributed by atoms with Crippen molar-refractivity contribution in [1.82, 2.24) is 5.32 Å². The van der Waals surface area contributed by atoms with Gasteiger partial charge in [-0.3, -0.25) is 9.59 Å². The number of rotatable bonds is 3. The Balaban J connectivity index is 1.74. The molecular formula is C19H15FN2O4S2. The van der Waals surface area contributed by atoms with Gasteiger partial charge in [0.1, 0.15) is 15.8 Å². The number of nitrogens with zero attached hydrogens (tertiary/aromatic N) is 1. The predicted octanol–water partition coefficient (Wildman–Crippen LogP) is 3.45. The zero-order chi connectivity index (χ0) is 20.0. The van der Waals surface area contributed by atoms with Crippen molar-refractivity contribution >= 4 is 51.9 Å². The summed E-state index contributed by atoms with van der Waals surface area (Å²) in [5.41, 5.74) is 1.58. The fourth-order valence-corrected chi connectivity index (χ4v) is 4.17. The number of thiocarbonyl (C=S) groups is 1. The Morgan fingerprint density at radius 2 is 2.11 bits per heavy atom. The Hall–Kier alpha value is -2.65. The summed E-state index contributed by atoms with van der Waals surface area (Å²) in [6.07, 6.45) is 1.53. The molecule has 9 heteroatoms. The topological polar surface area (TPSA) is 71.8 Å².